The number of fused-ring (bicyclic) bond motifs is 7. The van der Waals surface area contributed by atoms with Crippen molar-refractivity contribution < 1.29 is 24.2 Å². The predicted molar refractivity (Wildman–Crippen MR) is 170 cm³/mol. The number of nitrogens with one attached hydrogen (secondary N) is 3. The standard InChI is InChI=1S/C35H38N4O5/c1-39-32(34(41)36-18-19-44-29-6-4-3-5-7-29)22-26-12-17-33(43-2)30(21-26)38-27-13-8-24(9-14-27)20-31(35(39)42)37-23-25-10-15-28(40)16-11-25/h3-17,21,31-32,37-38,40H,18-20,22-23H2,1-2H3,(H,36,41)/t31-,32-/m0/s1. The molecule has 2 atom stereocenters. The van der Waals surface area contributed by atoms with E-state index in [1.54, 1.807) is 31.2 Å². The third kappa shape index (κ3) is 7.87. The Morgan fingerprint density at radius 1 is 0.955 bits per heavy atom. The fourth-order valence-electron chi connectivity index (χ4n) is 5.20. The first-order chi connectivity index (χ1) is 21.4. The summed E-state index contributed by atoms with van der Waals surface area (Å²) >= 11 is 0. The molecule has 4 N–H and O–H groups in total. The summed E-state index contributed by atoms with van der Waals surface area (Å²) in [5.74, 6) is 1.11. The molecule has 0 saturated heterocycles. The highest BCUT2D eigenvalue weighted by atomic mass is 16.5. The van der Waals surface area contributed by atoms with Crippen LogP contribution >= 0.6 is 0 Å². The Kier molecular flexibility index (Phi) is 9.99. The summed E-state index contributed by atoms with van der Waals surface area (Å²) < 4.78 is 11.3. The molecule has 228 valence electrons. The molecule has 0 aromatic heterocycles. The van der Waals surface area contributed by atoms with Gasteiger partial charge in [0, 0.05) is 25.7 Å². The number of phenolic OH excluding ortho intramolecular Hbond substituents is 1. The summed E-state index contributed by atoms with van der Waals surface area (Å²) in [4.78, 5) is 29.4. The van der Waals surface area contributed by atoms with Gasteiger partial charge in [0.25, 0.3) is 0 Å². The number of aromatic hydroxyl groups is 1. The van der Waals surface area contributed by atoms with E-state index in [4.69, 9.17) is 9.47 Å². The van der Waals surface area contributed by atoms with E-state index in [1.165, 1.54) is 0 Å². The van der Waals surface area contributed by atoms with E-state index in [0.717, 1.165) is 33.8 Å². The summed E-state index contributed by atoms with van der Waals surface area (Å²) in [6.45, 7) is 0.999. The lowest BCUT2D eigenvalue weighted by molar-refractivity contribution is -0.140. The van der Waals surface area contributed by atoms with Crippen molar-refractivity contribution in [2.75, 3.05) is 32.6 Å². The van der Waals surface area contributed by atoms with Gasteiger partial charge in [-0.25, -0.2) is 0 Å². The average molecular weight is 595 g/mol. The molecular formula is C35H38N4O5. The van der Waals surface area contributed by atoms with Crippen molar-refractivity contribution in [3.05, 3.63) is 114 Å². The van der Waals surface area contributed by atoms with Gasteiger partial charge in [0.1, 0.15) is 29.9 Å². The maximum absolute atomic E-state index is 14.1. The van der Waals surface area contributed by atoms with Crippen molar-refractivity contribution >= 4 is 23.2 Å². The number of ether oxygens (including phenoxy) is 2. The predicted octanol–water partition coefficient (Wildman–Crippen LogP) is 4.42. The number of carbonyl (C=O) groups is 2. The van der Waals surface area contributed by atoms with Crippen LogP contribution in [0.3, 0.4) is 0 Å². The number of methoxy groups -OCH3 is 1. The van der Waals surface area contributed by atoms with E-state index in [-0.39, 0.29) is 24.1 Å². The van der Waals surface area contributed by atoms with Crippen LogP contribution < -0.4 is 25.4 Å². The number of phenols is 1. The number of carbonyl (C=O) groups excluding carboxylic acids is 2. The Hall–Kier alpha value is -5.02. The van der Waals surface area contributed by atoms with E-state index >= 15 is 0 Å². The summed E-state index contributed by atoms with van der Waals surface area (Å²) in [5, 5.41) is 19.5. The average Bonchev–Trinajstić information content (AvgIpc) is 3.05. The Morgan fingerprint density at radius 2 is 1.68 bits per heavy atom. The maximum atomic E-state index is 14.1. The molecule has 0 fully saturated rings. The van der Waals surface area contributed by atoms with Gasteiger partial charge >= 0.3 is 0 Å². The fourth-order valence-corrected chi connectivity index (χ4v) is 5.20. The van der Waals surface area contributed by atoms with Crippen LogP contribution in [-0.4, -0.2) is 61.2 Å². The molecule has 2 aliphatic rings. The van der Waals surface area contributed by atoms with Gasteiger partial charge < -0.3 is 35.4 Å². The zero-order chi connectivity index (χ0) is 30.9. The lowest BCUT2D eigenvalue weighted by Gasteiger charge is -2.32. The number of nitrogens with zero attached hydrogens (tertiary/aromatic N) is 1. The fraction of sp³-hybridized carbons (Fsp3) is 0.257. The number of likely N-dealkylation sites (N-methyl/N-ethyl adjacent to an activating group) is 1. The number of rotatable bonds is 9. The summed E-state index contributed by atoms with van der Waals surface area (Å²) in [7, 11) is 3.30. The first kappa shape index (κ1) is 30.4. The highest BCUT2D eigenvalue weighted by Gasteiger charge is 2.32. The van der Waals surface area contributed by atoms with Crippen molar-refractivity contribution in [3.63, 3.8) is 0 Å². The minimum absolute atomic E-state index is 0.181. The summed E-state index contributed by atoms with van der Waals surface area (Å²) in [6.07, 6.45) is 0.726. The van der Waals surface area contributed by atoms with Crippen molar-refractivity contribution in [2.24, 2.45) is 0 Å². The molecule has 2 amide bonds. The van der Waals surface area contributed by atoms with Crippen LogP contribution in [0.2, 0.25) is 0 Å². The first-order valence-corrected chi connectivity index (χ1v) is 14.7. The maximum Gasteiger partial charge on any atom is 0.243 e. The normalized spacial score (nSPS) is 16.5. The summed E-state index contributed by atoms with van der Waals surface area (Å²) in [6, 6.07) is 28.6. The Bertz CT molecular complexity index is 1540. The van der Waals surface area contributed by atoms with E-state index in [9.17, 15) is 14.7 Å². The number of hydrogen-bond donors (Lipinski definition) is 4. The molecule has 4 bridgehead atoms. The third-order valence-corrected chi connectivity index (χ3v) is 7.68. The first-order valence-electron chi connectivity index (χ1n) is 14.7. The topological polar surface area (TPSA) is 112 Å². The molecule has 0 saturated carbocycles. The molecule has 0 unspecified atom stereocenters. The monoisotopic (exact) mass is 594 g/mol. The van der Waals surface area contributed by atoms with Crippen molar-refractivity contribution in [1.82, 2.24) is 15.5 Å². The van der Waals surface area contributed by atoms with E-state index in [1.807, 2.05) is 84.9 Å². The van der Waals surface area contributed by atoms with Gasteiger partial charge in [0.15, 0.2) is 0 Å². The number of para-hydroxylation sites is 1. The van der Waals surface area contributed by atoms with Crippen LogP contribution in [0.15, 0.2) is 97.1 Å². The van der Waals surface area contributed by atoms with E-state index in [2.05, 4.69) is 16.0 Å². The van der Waals surface area contributed by atoms with Gasteiger partial charge in [-0.3, -0.25) is 9.59 Å². The molecule has 6 rings (SSSR count). The second-order valence-electron chi connectivity index (χ2n) is 10.8. The molecule has 9 heteroatoms. The van der Waals surface area contributed by atoms with Gasteiger partial charge in [-0.15, -0.1) is 0 Å². The highest BCUT2D eigenvalue weighted by Crippen LogP contribution is 2.30. The quantitative estimate of drug-likeness (QED) is 0.212. The van der Waals surface area contributed by atoms with Crippen molar-refractivity contribution in [2.45, 2.75) is 31.5 Å². The Balaban J connectivity index is 1.41. The Labute approximate surface area is 257 Å². The number of benzene rings is 4. The zero-order valence-corrected chi connectivity index (χ0v) is 25.0. The molecule has 2 heterocycles. The smallest absolute Gasteiger partial charge is 0.243 e. The number of hydrogen-bond acceptors (Lipinski definition) is 7. The molecule has 44 heavy (non-hydrogen) atoms. The highest BCUT2D eigenvalue weighted by molar-refractivity contribution is 5.90. The van der Waals surface area contributed by atoms with Crippen LogP contribution in [0.5, 0.6) is 17.2 Å². The third-order valence-electron chi connectivity index (χ3n) is 7.68. The molecule has 0 radical (unpaired) electrons. The second-order valence-corrected chi connectivity index (χ2v) is 10.8. The van der Waals surface area contributed by atoms with Crippen LogP contribution in [0.25, 0.3) is 0 Å². The molecule has 4 aromatic rings. The van der Waals surface area contributed by atoms with Gasteiger partial charge in [0.2, 0.25) is 11.8 Å². The second kappa shape index (κ2) is 14.4. The summed E-state index contributed by atoms with van der Waals surface area (Å²) in [5.41, 5.74) is 4.42. The molecule has 2 aliphatic heterocycles. The van der Waals surface area contributed by atoms with Crippen LogP contribution in [0.1, 0.15) is 16.7 Å². The SMILES string of the molecule is COc1ccc2cc1Nc1ccc(cc1)C[C@H](NCc1ccc(O)cc1)C(=O)N(C)[C@H](C(=O)NCCOc1ccccc1)C2. The van der Waals surface area contributed by atoms with Crippen molar-refractivity contribution in [1.29, 1.82) is 0 Å². The molecular weight excluding hydrogens is 556 g/mol. The zero-order valence-electron chi connectivity index (χ0n) is 25.0. The molecule has 9 nitrogen and oxygen atoms in total. The minimum Gasteiger partial charge on any atom is -0.508 e. The van der Waals surface area contributed by atoms with Gasteiger partial charge in [-0.2, -0.15) is 0 Å². The lowest BCUT2D eigenvalue weighted by atomic mass is 9.99. The van der Waals surface area contributed by atoms with Gasteiger partial charge in [0.05, 0.1) is 25.4 Å². The van der Waals surface area contributed by atoms with Crippen LogP contribution in [0.4, 0.5) is 11.4 Å². The Morgan fingerprint density at radius 3 is 2.41 bits per heavy atom. The molecule has 0 spiro atoms. The van der Waals surface area contributed by atoms with Crippen LogP contribution in [0, 0.1) is 0 Å². The molecule has 4 aromatic carbocycles. The largest absolute Gasteiger partial charge is 0.508 e. The van der Waals surface area contributed by atoms with Crippen molar-refractivity contribution in [3.8, 4) is 17.2 Å². The number of amides is 2. The lowest BCUT2D eigenvalue weighted by Crippen LogP contribution is -2.55. The van der Waals surface area contributed by atoms with E-state index in [0.29, 0.717) is 31.7 Å². The van der Waals surface area contributed by atoms with Gasteiger partial charge in [-0.05, 0) is 71.6 Å². The minimum atomic E-state index is -0.776. The number of anilines is 2. The van der Waals surface area contributed by atoms with Crippen LogP contribution in [-0.2, 0) is 29.0 Å². The van der Waals surface area contributed by atoms with E-state index < -0.39 is 12.1 Å². The van der Waals surface area contributed by atoms with Gasteiger partial charge in [-0.1, -0.05) is 48.5 Å². The molecule has 0 aliphatic carbocycles.